The molecule has 0 saturated carbocycles. The van der Waals surface area contributed by atoms with Crippen molar-refractivity contribution in [3.63, 3.8) is 0 Å². The summed E-state index contributed by atoms with van der Waals surface area (Å²) in [5.74, 6) is 0.969. The van der Waals surface area contributed by atoms with Gasteiger partial charge in [-0.3, -0.25) is 4.79 Å². The maximum atomic E-state index is 12.7. The van der Waals surface area contributed by atoms with Crippen LogP contribution in [0.15, 0.2) is 29.1 Å². The van der Waals surface area contributed by atoms with Gasteiger partial charge < -0.3 is 4.98 Å². The number of aromatic amines is 1. The van der Waals surface area contributed by atoms with Crippen molar-refractivity contribution < 1.29 is 0 Å². The first-order valence-corrected chi connectivity index (χ1v) is 8.61. The number of aryl methyl sites for hydroxylation is 1. The first-order valence-electron chi connectivity index (χ1n) is 8.24. The highest BCUT2D eigenvalue weighted by atomic mass is 35.5. The average Bonchev–Trinajstić information content (AvgIpc) is 2.54. The quantitative estimate of drug-likeness (QED) is 0.715. The average molecular weight is 340 g/mol. The van der Waals surface area contributed by atoms with Crippen molar-refractivity contribution in [2.45, 2.75) is 39.0 Å². The second-order valence-electron chi connectivity index (χ2n) is 6.50. The minimum atomic E-state index is -0.129. The monoisotopic (exact) mass is 339 g/mol. The summed E-state index contributed by atoms with van der Waals surface area (Å²) in [6, 6.07) is 7.65. The number of pyridine rings is 1. The van der Waals surface area contributed by atoms with E-state index >= 15 is 0 Å². The fourth-order valence-electron chi connectivity index (χ4n) is 3.66. The molecule has 5 heteroatoms. The molecule has 0 bridgehead atoms. The molecule has 4 nitrogen and oxygen atoms in total. The Morgan fingerprint density at radius 1 is 1.21 bits per heavy atom. The van der Waals surface area contributed by atoms with Crippen LogP contribution in [0.1, 0.15) is 42.8 Å². The van der Waals surface area contributed by atoms with Crippen LogP contribution in [0.2, 0.25) is 5.02 Å². The molecule has 2 aromatic heterocycles. The van der Waals surface area contributed by atoms with Gasteiger partial charge in [0.05, 0.1) is 5.39 Å². The van der Waals surface area contributed by atoms with E-state index in [1.165, 1.54) is 5.56 Å². The van der Waals surface area contributed by atoms with Crippen molar-refractivity contribution >= 4 is 22.6 Å². The molecule has 122 valence electrons. The fourth-order valence-corrected chi connectivity index (χ4v) is 3.78. The van der Waals surface area contributed by atoms with Gasteiger partial charge in [0.15, 0.2) is 5.65 Å². The van der Waals surface area contributed by atoms with Crippen molar-refractivity contribution in [2.75, 3.05) is 0 Å². The number of aromatic nitrogens is 3. The van der Waals surface area contributed by atoms with E-state index in [-0.39, 0.29) is 5.56 Å². The summed E-state index contributed by atoms with van der Waals surface area (Å²) < 4.78 is 0. The number of H-pyrrole nitrogens is 1. The van der Waals surface area contributed by atoms with E-state index in [4.69, 9.17) is 16.6 Å². The molecule has 1 N–H and O–H groups in total. The van der Waals surface area contributed by atoms with Crippen LogP contribution in [0.3, 0.4) is 0 Å². The van der Waals surface area contributed by atoms with Crippen LogP contribution in [0.4, 0.5) is 0 Å². The highest BCUT2D eigenvalue weighted by molar-refractivity contribution is 6.30. The number of fused-ring (bicyclic) bond motifs is 2. The molecule has 1 aliphatic carbocycles. The van der Waals surface area contributed by atoms with Crippen LogP contribution < -0.4 is 5.56 Å². The largest absolute Gasteiger partial charge is 0.310 e. The molecule has 0 aliphatic heterocycles. The number of halogens is 1. The SMILES string of the molecule is Cc1nc2nc3c(c(-c4ccc(Cl)cc4)c2c(=O)[nH]1)CCCC3C. The number of hydrogen-bond donors (Lipinski definition) is 1. The molecule has 3 aromatic rings. The molecule has 1 unspecified atom stereocenters. The highest BCUT2D eigenvalue weighted by Crippen LogP contribution is 2.39. The summed E-state index contributed by atoms with van der Waals surface area (Å²) >= 11 is 6.04. The van der Waals surface area contributed by atoms with Crippen LogP contribution in [0, 0.1) is 6.92 Å². The van der Waals surface area contributed by atoms with Gasteiger partial charge in [0.25, 0.3) is 5.56 Å². The Morgan fingerprint density at radius 3 is 2.71 bits per heavy atom. The molecule has 0 radical (unpaired) electrons. The molecule has 24 heavy (non-hydrogen) atoms. The van der Waals surface area contributed by atoms with Crippen molar-refractivity contribution in [1.82, 2.24) is 15.0 Å². The lowest BCUT2D eigenvalue weighted by Gasteiger charge is -2.25. The summed E-state index contributed by atoms with van der Waals surface area (Å²) in [7, 11) is 0. The van der Waals surface area contributed by atoms with E-state index in [2.05, 4.69) is 16.9 Å². The zero-order chi connectivity index (χ0) is 16.8. The van der Waals surface area contributed by atoms with Gasteiger partial charge in [0.1, 0.15) is 5.82 Å². The van der Waals surface area contributed by atoms with Crippen LogP contribution in [-0.4, -0.2) is 15.0 Å². The standard InChI is InChI=1S/C19H18ClN3O/c1-10-4-3-5-14-15(12-6-8-13(20)9-7-12)16-18(23-17(10)14)21-11(2)22-19(16)24/h6-10H,3-5H2,1-2H3,(H,21,22,23,24). The number of hydrogen-bond acceptors (Lipinski definition) is 3. The predicted octanol–water partition coefficient (Wildman–Crippen LogP) is 4.39. The molecule has 1 atom stereocenters. The Labute approximate surface area is 144 Å². The van der Waals surface area contributed by atoms with Gasteiger partial charge in [-0.1, -0.05) is 30.7 Å². The highest BCUT2D eigenvalue weighted by Gasteiger charge is 2.25. The third-order valence-electron chi connectivity index (χ3n) is 4.77. The Kier molecular flexibility index (Phi) is 3.65. The predicted molar refractivity (Wildman–Crippen MR) is 96.7 cm³/mol. The molecule has 0 spiro atoms. The first kappa shape index (κ1) is 15.3. The fraction of sp³-hybridized carbons (Fsp3) is 0.316. The number of benzene rings is 1. The molecule has 0 saturated heterocycles. The summed E-state index contributed by atoms with van der Waals surface area (Å²) in [5, 5.41) is 1.26. The van der Waals surface area contributed by atoms with E-state index in [0.29, 0.717) is 27.8 Å². The van der Waals surface area contributed by atoms with Gasteiger partial charge in [0.2, 0.25) is 0 Å². The maximum Gasteiger partial charge on any atom is 0.261 e. The second-order valence-corrected chi connectivity index (χ2v) is 6.94. The van der Waals surface area contributed by atoms with Gasteiger partial charge in [-0.25, -0.2) is 9.97 Å². The summed E-state index contributed by atoms with van der Waals surface area (Å²) in [5.41, 5.74) is 4.63. The van der Waals surface area contributed by atoms with Crippen LogP contribution in [0.25, 0.3) is 22.2 Å². The van der Waals surface area contributed by atoms with Gasteiger partial charge in [0, 0.05) is 16.3 Å². The molecule has 2 heterocycles. The number of rotatable bonds is 1. The van der Waals surface area contributed by atoms with Gasteiger partial charge >= 0.3 is 0 Å². The van der Waals surface area contributed by atoms with E-state index in [9.17, 15) is 4.79 Å². The Morgan fingerprint density at radius 2 is 1.96 bits per heavy atom. The van der Waals surface area contributed by atoms with Crippen molar-refractivity contribution in [3.05, 3.63) is 56.7 Å². The summed E-state index contributed by atoms with van der Waals surface area (Å²) in [6.45, 7) is 3.98. The Bertz CT molecular complexity index is 992. The third kappa shape index (κ3) is 2.42. The number of nitrogens with one attached hydrogen (secondary N) is 1. The van der Waals surface area contributed by atoms with Crippen LogP contribution >= 0.6 is 11.6 Å². The zero-order valence-corrected chi connectivity index (χ0v) is 14.4. The van der Waals surface area contributed by atoms with Crippen LogP contribution in [-0.2, 0) is 6.42 Å². The van der Waals surface area contributed by atoms with Crippen molar-refractivity contribution in [2.24, 2.45) is 0 Å². The normalized spacial score (nSPS) is 17.0. The molecule has 1 aliphatic rings. The Hall–Kier alpha value is -2.20. The minimum absolute atomic E-state index is 0.129. The third-order valence-corrected chi connectivity index (χ3v) is 5.02. The zero-order valence-electron chi connectivity index (χ0n) is 13.7. The molecular formula is C19H18ClN3O. The lowest BCUT2D eigenvalue weighted by molar-refractivity contribution is 0.576. The molecule has 4 rings (SSSR count). The van der Waals surface area contributed by atoms with E-state index < -0.39 is 0 Å². The summed E-state index contributed by atoms with van der Waals surface area (Å²) in [4.78, 5) is 24.7. The smallest absolute Gasteiger partial charge is 0.261 e. The van der Waals surface area contributed by atoms with Crippen LogP contribution in [0.5, 0.6) is 0 Å². The first-order chi connectivity index (χ1) is 11.5. The van der Waals surface area contributed by atoms with Gasteiger partial charge in [-0.15, -0.1) is 0 Å². The lowest BCUT2D eigenvalue weighted by Crippen LogP contribution is -2.17. The molecule has 1 aromatic carbocycles. The van der Waals surface area contributed by atoms with E-state index in [1.807, 2.05) is 24.3 Å². The second kappa shape index (κ2) is 5.71. The lowest BCUT2D eigenvalue weighted by atomic mass is 9.83. The van der Waals surface area contributed by atoms with Crippen molar-refractivity contribution in [1.29, 1.82) is 0 Å². The topological polar surface area (TPSA) is 58.6 Å². The van der Waals surface area contributed by atoms with Gasteiger partial charge in [-0.2, -0.15) is 0 Å². The van der Waals surface area contributed by atoms with Crippen molar-refractivity contribution in [3.8, 4) is 11.1 Å². The minimum Gasteiger partial charge on any atom is -0.310 e. The molecular weight excluding hydrogens is 322 g/mol. The number of nitrogens with zero attached hydrogens (tertiary/aromatic N) is 2. The van der Waals surface area contributed by atoms with E-state index in [1.54, 1.807) is 6.92 Å². The Balaban J connectivity index is 2.16. The molecule has 0 amide bonds. The van der Waals surface area contributed by atoms with E-state index in [0.717, 1.165) is 36.1 Å². The molecule has 0 fully saturated rings. The van der Waals surface area contributed by atoms with Gasteiger partial charge in [-0.05, 0) is 55.4 Å². The maximum absolute atomic E-state index is 12.7. The summed E-state index contributed by atoms with van der Waals surface area (Å²) in [6.07, 6.45) is 3.17.